The Morgan fingerprint density at radius 1 is 1.00 bits per heavy atom. The van der Waals surface area contributed by atoms with Crippen molar-refractivity contribution in [3.8, 4) is 0 Å². The van der Waals surface area contributed by atoms with Gasteiger partial charge < -0.3 is 5.43 Å². The standard InChI is InChI=1S/C17H18N2/c1-15(12-16-8-4-2-5-9-16)13-18-19-14-17-10-6-3-7-11-17/h2-13,19H,14H2,1H3/b15-12+,18-13?. The molecule has 2 nitrogen and oxygen atoms in total. The molecule has 1 N–H and O–H groups in total. The lowest BCUT2D eigenvalue weighted by Crippen LogP contribution is -2.05. The Morgan fingerprint density at radius 2 is 1.63 bits per heavy atom. The number of rotatable bonds is 5. The number of benzene rings is 2. The monoisotopic (exact) mass is 250 g/mol. The van der Waals surface area contributed by atoms with Gasteiger partial charge in [0.2, 0.25) is 0 Å². The van der Waals surface area contributed by atoms with Crippen LogP contribution in [-0.4, -0.2) is 6.21 Å². The predicted molar refractivity (Wildman–Crippen MR) is 81.9 cm³/mol. The van der Waals surface area contributed by atoms with Crippen LogP contribution in [0.1, 0.15) is 18.1 Å². The lowest BCUT2D eigenvalue weighted by molar-refractivity contribution is 0.748. The van der Waals surface area contributed by atoms with Crippen LogP contribution in [0.4, 0.5) is 0 Å². The molecule has 19 heavy (non-hydrogen) atoms. The lowest BCUT2D eigenvalue weighted by atomic mass is 10.1. The van der Waals surface area contributed by atoms with E-state index in [2.05, 4.69) is 40.9 Å². The molecule has 2 heteroatoms. The first-order chi connectivity index (χ1) is 9.34. The Balaban J connectivity index is 1.84. The van der Waals surface area contributed by atoms with Crippen LogP contribution in [0.3, 0.4) is 0 Å². The maximum absolute atomic E-state index is 4.22. The van der Waals surface area contributed by atoms with Gasteiger partial charge in [0.1, 0.15) is 0 Å². The van der Waals surface area contributed by atoms with E-state index in [0.717, 1.165) is 12.1 Å². The van der Waals surface area contributed by atoms with E-state index in [1.165, 1.54) is 11.1 Å². The van der Waals surface area contributed by atoms with Crippen molar-refractivity contribution in [3.05, 3.63) is 77.4 Å². The van der Waals surface area contributed by atoms with Gasteiger partial charge in [0.05, 0.1) is 6.54 Å². The Hall–Kier alpha value is -2.35. The van der Waals surface area contributed by atoms with Gasteiger partial charge in [-0.3, -0.25) is 0 Å². The van der Waals surface area contributed by atoms with E-state index in [4.69, 9.17) is 0 Å². The summed E-state index contributed by atoms with van der Waals surface area (Å²) in [6.45, 7) is 2.79. The third-order valence-corrected chi connectivity index (χ3v) is 2.68. The van der Waals surface area contributed by atoms with Crippen LogP contribution in [0.2, 0.25) is 0 Å². The second-order valence-corrected chi connectivity index (χ2v) is 4.38. The van der Waals surface area contributed by atoms with E-state index in [9.17, 15) is 0 Å². The maximum Gasteiger partial charge on any atom is 0.0580 e. The van der Waals surface area contributed by atoms with Crippen molar-refractivity contribution in [3.63, 3.8) is 0 Å². The number of hydrazone groups is 1. The summed E-state index contributed by atoms with van der Waals surface area (Å²) >= 11 is 0. The number of nitrogens with zero attached hydrogens (tertiary/aromatic N) is 1. The molecule has 0 aromatic heterocycles. The molecule has 0 radical (unpaired) electrons. The highest BCUT2D eigenvalue weighted by Crippen LogP contribution is 2.04. The lowest BCUT2D eigenvalue weighted by Gasteiger charge is -2.00. The van der Waals surface area contributed by atoms with Crippen LogP contribution in [0.15, 0.2) is 71.3 Å². The van der Waals surface area contributed by atoms with Crippen molar-refractivity contribution in [2.75, 3.05) is 0 Å². The van der Waals surface area contributed by atoms with Crippen LogP contribution >= 0.6 is 0 Å². The first kappa shape index (κ1) is 13.1. The summed E-state index contributed by atoms with van der Waals surface area (Å²) in [6, 6.07) is 20.5. The average Bonchev–Trinajstić information content (AvgIpc) is 2.46. The van der Waals surface area contributed by atoms with Crippen molar-refractivity contribution in [1.29, 1.82) is 0 Å². The third-order valence-electron chi connectivity index (χ3n) is 2.68. The summed E-state index contributed by atoms with van der Waals surface area (Å²) in [6.07, 6.45) is 3.95. The minimum absolute atomic E-state index is 0.746. The molecule has 2 aromatic rings. The van der Waals surface area contributed by atoms with Gasteiger partial charge in [0, 0.05) is 6.21 Å². The summed E-state index contributed by atoms with van der Waals surface area (Å²) in [5.41, 5.74) is 6.58. The molecule has 96 valence electrons. The zero-order valence-electron chi connectivity index (χ0n) is 11.1. The molecule has 0 saturated carbocycles. The summed E-state index contributed by atoms with van der Waals surface area (Å²) in [4.78, 5) is 0. The quantitative estimate of drug-likeness (QED) is 0.632. The summed E-state index contributed by atoms with van der Waals surface area (Å²) in [5, 5.41) is 4.22. The molecule has 2 aromatic carbocycles. The van der Waals surface area contributed by atoms with Gasteiger partial charge in [-0.25, -0.2) is 0 Å². The highest BCUT2D eigenvalue weighted by atomic mass is 15.3. The van der Waals surface area contributed by atoms with E-state index in [-0.39, 0.29) is 0 Å². The molecule has 0 aliphatic heterocycles. The Bertz CT molecular complexity index is 542. The molecule has 0 heterocycles. The van der Waals surface area contributed by atoms with E-state index in [1.807, 2.05) is 49.5 Å². The zero-order chi connectivity index (χ0) is 13.3. The molecular weight excluding hydrogens is 232 g/mol. The van der Waals surface area contributed by atoms with Crippen LogP contribution in [0, 0.1) is 0 Å². The normalized spacial score (nSPS) is 11.7. The van der Waals surface area contributed by atoms with E-state index in [1.54, 1.807) is 0 Å². The summed E-state index contributed by atoms with van der Waals surface area (Å²) < 4.78 is 0. The average molecular weight is 250 g/mol. The SMILES string of the molecule is C/C(C=NNCc1ccccc1)=C\c1ccccc1. The minimum Gasteiger partial charge on any atom is -0.306 e. The molecule has 0 bridgehead atoms. The van der Waals surface area contributed by atoms with Gasteiger partial charge in [0.25, 0.3) is 0 Å². The van der Waals surface area contributed by atoms with Gasteiger partial charge in [-0.15, -0.1) is 0 Å². The van der Waals surface area contributed by atoms with Gasteiger partial charge in [0.15, 0.2) is 0 Å². The van der Waals surface area contributed by atoms with Crippen molar-refractivity contribution in [2.24, 2.45) is 5.10 Å². The molecular formula is C17H18N2. The highest BCUT2D eigenvalue weighted by molar-refractivity contribution is 5.84. The number of hydrogen-bond acceptors (Lipinski definition) is 2. The molecule has 0 aliphatic carbocycles. The van der Waals surface area contributed by atoms with Crippen LogP contribution in [0.25, 0.3) is 6.08 Å². The number of hydrogen-bond donors (Lipinski definition) is 1. The van der Waals surface area contributed by atoms with E-state index < -0.39 is 0 Å². The molecule has 0 atom stereocenters. The van der Waals surface area contributed by atoms with Gasteiger partial charge >= 0.3 is 0 Å². The van der Waals surface area contributed by atoms with E-state index in [0.29, 0.717) is 0 Å². The van der Waals surface area contributed by atoms with Crippen LogP contribution in [0.5, 0.6) is 0 Å². The number of nitrogens with one attached hydrogen (secondary N) is 1. The Morgan fingerprint density at radius 3 is 2.32 bits per heavy atom. The third kappa shape index (κ3) is 4.80. The Labute approximate surface area is 114 Å². The van der Waals surface area contributed by atoms with Crippen molar-refractivity contribution in [2.45, 2.75) is 13.5 Å². The Kier molecular flexibility index (Phi) is 4.94. The van der Waals surface area contributed by atoms with E-state index >= 15 is 0 Å². The molecule has 2 rings (SSSR count). The summed E-state index contributed by atoms with van der Waals surface area (Å²) in [5.74, 6) is 0. The molecule has 0 aliphatic rings. The van der Waals surface area contributed by atoms with Crippen molar-refractivity contribution in [1.82, 2.24) is 5.43 Å². The molecule has 0 fully saturated rings. The molecule has 0 unspecified atom stereocenters. The topological polar surface area (TPSA) is 24.4 Å². The predicted octanol–water partition coefficient (Wildman–Crippen LogP) is 3.87. The minimum atomic E-state index is 0.746. The maximum atomic E-state index is 4.22. The fraction of sp³-hybridized carbons (Fsp3) is 0.118. The smallest absolute Gasteiger partial charge is 0.0580 e. The first-order valence-electron chi connectivity index (χ1n) is 6.38. The van der Waals surface area contributed by atoms with Crippen molar-refractivity contribution >= 4 is 12.3 Å². The fourth-order valence-electron chi connectivity index (χ4n) is 1.73. The van der Waals surface area contributed by atoms with Gasteiger partial charge in [-0.05, 0) is 23.6 Å². The fourth-order valence-corrected chi connectivity index (χ4v) is 1.73. The van der Waals surface area contributed by atoms with Crippen LogP contribution in [-0.2, 0) is 6.54 Å². The first-order valence-corrected chi connectivity index (χ1v) is 6.38. The molecule has 0 saturated heterocycles. The second kappa shape index (κ2) is 7.17. The summed E-state index contributed by atoms with van der Waals surface area (Å²) in [7, 11) is 0. The van der Waals surface area contributed by atoms with Gasteiger partial charge in [-0.2, -0.15) is 5.10 Å². The van der Waals surface area contributed by atoms with Gasteiger partial charge in [-0.1, -0.05) is 66.7 Å². The number of allylic oxidation sites excluding steroid dienone is 1. The molecule has 0 amide bonds. The zero-order valence-corrected chi connectivity index (χ0v) is 11.1. The highest BCUT2D eigenvalue weighted by Gasteiger charge is 1.89. The largest absolute Gasteiger partial charge is 0.306 e. The molecule has 0 spiro atoms. The van der Waals surface area contributed by atoms with Crippen LogP contribution < -0.4 is 5.43 Å². The van der Waals surface area contributed by atoms with Crippen molar-refractivity contribution < 1.29 is 0 Å². The second-order valence-electron chi connectivity index (χ2n) is 4.38.